The Bertz CT molecular complexity index is 449. The van der Waals surface area contributed by atoms with Gasteiger partial charge in [0.25, 0.3) is 0 Å². The van der Waals surface area contributed by atoms with Crippen molar-refractivity contribution in [1.82, 2.24) is 0 Å². The second kappa shape index (κ2) is 5.69. The van der Waals surface area contributed by atoms with Crippen LogP contribution in [0.15, 0.2) is 22.7 Å². The molecule has 0 amide bonds. The molecule has 0 aromatic heterocycles. The highest BCUT2D eigenvalue weighted by atomic mass is 79.9. The Labute approximate surface area is 109 Å². The van der Waals surface area contributed by atoms with E-state index in [1.807, 2.05) is 0 Å². The predicted molar refractivity (Wildman–Crippen MR) is 60.6 cm³/mol. The van der Waals surface area contributed by atoms with Crippen LogP contribution in [-0.4, -0.2) is 24.7 Å². The molecule has 0 fully saturated rings. The van der Waals surface area contributed by atoms with Crippen LogP contribution in [0.1, 0.15) is 17.3 Å². The largest absolute Gasteiger partial charge is 0.494 e. The second-order valence-electron chi connectivity index (χ2n) is 3.33. The first-order chi connectivity index (χ1) is 8.30. The van der Waals surface area contributed by atoms with Crippen LogP contribution in [0.4, 0.5) is 17.6 Å². The minimum absolute atomic E-state index is 0.0150. The Hall–Kier alpha value is -1.11. The lowest BCUT2D eigenvalue weighted by molar-refractivity contribution is -0.0958. The molecular weight excluding hydrogens is 320 g/mol. The number of ketones is 1. The monoisotopic (exact) mass is 328 g/mol. The van der Waals surface area contributed by atoms with Crippen LogP contribution in [0.25, 0.3) is 0 Å². The predicted octanol–water partition coefficient (Wildman–Crippen LogP) is 3.93. The molecule has 7 heteroatoms. The van der Waals surface area contributed by atoms with Crippen molar-refractivity contribution in [1.29, 1.82) is 0 Å². The summed E-state index contributed by atoms with van der Waals surface area (Å²) in [5.74, 6) is -6.27. The fraction of sp³-hybridized carbons (Fsp3) is 0.364. The maximum absolute atomic E-state index is 12.9. The van der Waals surface area contributed by atoms with E-state index in [9.17, 15) is 22.4 Å². The van der Waals surface area contributed by atoms with Gasteiger partial charge in [-0.3, -0.25) is 4.79 Å². The maximum Gasteiger partial charge on any atom is 0.368 e. The van der Waals surface area contributed by atoms with E-state index >= 15 is 0 Å². The van der Waals surface area contributed by atoms with Gasteiger partial charge >= 0.3 is 12.3 Å². The van der Waals surface area contributed by atoms with Gasteiger partial charge in [0.2, 0.25) is 5.78 Å². The summed E-state index contributed by atoms with van der Waals surface area (Å²) in [7, 11) is 0. The summed E-state index contributed by atoms with van der Waals surface area (Å²) in [5.41, 5.74) is -0.510. The molecule has 1 rings (SSSR count). The van der Waals surface area contributed by atoms with Gasteiger partial charge in [-0.25, -0.2) is 8.78 Å². The number of ether oxygens (including phenoxy) is 1. The Balaban J connectivity index is 3.08. The van der Waals surface area contributed by atoms with Gasteiger partial charge in [0.15, 0.2) is 0 Å². The molecular formula is C11H9BrF4O2. The Morgan fingerprint density at radius 2 is 2.06 bits per heavy atom. The summed E-state index contributed by atoms with van der Waals surface area (Å²) < 4.78 is 55.0. The van der Waals surface area contributed by atoms with Gasteiger partial charge in [-0.15, -0.1) is 0 Å². The third-order valence-electron chi connectivity index (χ3n) is 2.07. The fourth-order valence-electron chi connectivity index (χ4n) is 1.22. The molecule has 100 valence electrons. The van der Waals surface area contributed by atoms with Crippen LogP contribution < -0.4 is 4.74 Å². The highest BCUT2D eigenvalue weighted by molar-refractivity contribution is 9.10. The van der Waals surface area contributed by atoms with Crippen molar-refractivity contribution in [2.24, 2.45) is 0 Å². The van der Waals surface area contributed by atoms with Crippen LogP contribution in [0, 0.1) is 0 Å². The highest BCUT2D eigenvalue weighted by Gasteiger charge is 2.49. The van der Waals surface area contributed by atoms with Crippen molar-refractivity contribution < 1.29 is 27.1 Å². The number of carbonyl (C=O) groups is 1. The minimum Gasteiger partial charge on any atom is -0.494 e. The third-order valence-corrected chi connectivity index (χ3v) is 2.73. The zero-order valence-electron chi connectivity index (χ0n) is 9.22. The van der Waals surface area contributed by atoms with Crippen molar-refractivity contribution in [2.75, 3.05) is 6.61 Å². The second-order valence-corrected chi connectivity index (χ2v) is 4.18. The van der Waals surface area contributed by atoms with Crippen molar-refractivity contribution in [2.45, 2.75) is 19.3 Å². The molecule has 0 aliphatic rings. The Kier molecular flexibility index (Phi) is 4.72. The van der Waals surface area contributed by atoms with Crippen LogP contribution in [-0.2, 0) is 0 Å². The van der Waals surface area contributed by atoms with Crippen LogP contribution >= 0.6 is 15.9 Å². The first-order valence-corrected chi connectivity index (χ1v) is 5.73. The van der Waals surface area contributed by atoms with Crippen LogP contribution in [0.2, 0.25) is 0 Å². The van der Waals surface area contributed by atoms with E-state index in [4.69, 9.17) is 4.74 Å². The molecule has 0 spiro atoms. The summed E-state index contributed by atoms with van der Waals surface area (Å²) >= 11 is 2.88. The molecule has 2 nitrogen and oxygen atoms in total. The van der Waals surface area contributed by atoms with Crippen LogP contribution in [0.5, 0.6) is 5.75 Å². The highest BCUT2D eigenvalue weighted by Crippen LogP contribution is 2.32. The van der Waals surface area contributed by atoms with E-state index in [1.54, 1.807) is 6.92 Å². The Morgan fingerprint density at radius 1 is 1.44 bits per heavy atom. The van der Waals surface area contributed by atoms with E-state index in [1.165, 1.54) is 12.1 Å². The molecule has 0 heterocycles. The standard InChI is InChI=1S/C11H9BrF4O2/c1-2-18-6-3-4-7(8(12)5-6)9(17)11(15,16)10(13)14/h3-5,10H,2H2,1H3. The number of rotatable bonds is 5. The number of Topliss-reactive ketones (excluding diaryl/α,β-unsaturated/α-hetero) is 1. The number of carbonyl (C=O) groups excluding carboxylic acids is 1. The lowest BCUT2D eigenvalue weighted by atomic mass is 10.1. The Morgan fingerprint density at radius 3 is 2.50 bits per heavy atom. The lowest BCUT2D eigenvalue weighted by Crippen LogP contribution is -2.36. The van der Waals surface area contributed by atoms with Gasteiger partial charge in [-0.1, -0.05) is 0 Å². The van der Waals surface area contributed by atoms with Gasteiger partial charge in [0.1, 0.15) is 5.75 Å². The third kappa shape index (κ3) is 3.01. The maximum atomic E-state index is 12.9. The zero-order valence-corrected chi connectivity index (χ0v) is 10.8. The number of hydrogen-bond donors (Lipinski definition) is 0. The van der Waals surface area contributed by atoms with E-state index in [0.29, 0.717) is 12.4 Å². The number of benzene rings is 1. The summed E-state index contributed by atoms with van der Waals surface area (Å²) in [6.45, 7) is 2.07. The van der Waals surface area contributed by atoms with Crippen molar-refractivity contribution in [3.63, 3.8) is 0 Å². The van der Waals surface area contributed by atoms with Gasteiger partial charge in [-0.05, 0) is 41.1 Å². The molecule has 0 unspecified atom stereocenters. The molecule has 0 radical (unpaired) electrons. The molecule has 0 bridgehead atoms. The molecule has 0 saturated heterocycles. The molecule has 1 aromatic rings. The SMILES string of the molecule is CCOc1ccc(C(=O)C(F)(F)C(F)F)c(Br)c1. The molecule has 0 aliphatic heterocycles. The van der Waals surface area contributed by atoms with Crippen molar-refractivity contribution in [3.8, 4) is 5.75 Å². The molecule has 18 heavy (non-hydrogen) atoms. The molecule has 0 aliphatic carbocycles. The lowest BCUT2D eigenvalue weighted by Gasteiger charge is -2.15. The zero-order chi connectivity index (χ0) is 13.9. The number of halogens is 5. The average Bonchev–Trinajstić information content (AvgIpc) is 2.28. The topological polar surface area (TPSA) is 26.3 Å². The molecule has 1 aromatic carbocycles. The number of alkyl halides is 4. The minimum atomic E-state index is -4.70. The van der Waals surface area contributed by atoms with E-state index in [-0.39, 0.29) is 4.47 Å². The van der Waals surface area contributed by atoms with Crippen molar-refractivity contribution in [3.05, 3.63) is 28.2 Å². The molecule has 0 N–H and O–H groups in total. The summed E-state index contributed by atoms with van der Waals surface area (Å²) in [4.78, 5) is 11.3. The normalized spacial score (nSPS) is 11.7. The summed E-state index contributed by atoms with van der Waals surface area (Å²) in [6, 6.07) is 3.56. The van der Waals surface area contributed by atoms with Crippen LogP contribution in [0.3, 0.4) is 0 Å². The average molecular weight is 329 g/mol. The smallest absolute Gasteiger partial charge is 0.368 e. The van der Waals surface area contributed by atoms with Gasteiger partial charge in [0.05, 0.1) is 6.61 Å². The summed E-state index contributed by atoms with van der Waals surface area (Å²) in [5, 5.41) is 0. The van der Waals surface area contributed by atoms with Gasteiger partial charge in [0, 0.05) is 10.0 Å². The quantitative estimate of drug-likeness (QED) is 0.604. The van der Waals surface area contributed by atoms with E-state index < -0.39 is 23.7 Å². The van der Waals surface area contributed by atoms with E-state index in [0.717, 1.165) is 6.07 Å². The fourth-order valence-corrected chi connectivity index (χ4v) is 1.75. The van der Waals surface area contributed by atoms with Gasteiger partial charge in [-0.2, -0.15) is 8.78 Å². The summed E-state index contributed by atoms with van der Waals surface area (Å²) in [6.07, 6.45) is -4.04. The van der Waals surface area contributed by atoms with E-state index in [2.05, 4.69) is 15.9 Å². The molecule has 0 atom stereocenters. The van der Waals surface area contributed by atoms with Gasteiger partial charge < -0.3 is 4.74 Å². The molecule has 0 saturated carbocycles. The number of hydrogen-bond acceptors (Lipinski definition) is 2. The van der Waals surface area contributed by atoms with Crippen molar-refractivity contribution >= 4 is 21.7 Å². The first kappa shape index (κ1) is 14.9. The first-order valence-electron chi connectivity index (χ1n) is 4.93.